The van der Waals surface area contributed by atoms with E-state index in [0.717, 1.165) is 0 Å². The molecule has 0 aliphatic carbocycles. The van der Waals surface area contributed by atoms with Crippen LogP contribution in [0.15, 0.2) is 45.9 Å². The number of methoxy groups -OCH3 is 1. The van der Waals surface area contributed by atoms with E-state index in [2.05, 4.69) is 25.6 Å². The second-order valence-electron chi connectivity index (χ2n) is 3.87. The molecule has 2 rings (SSSR count). The lowest BCUT2D eigenvalue weighted by molar-refractivity contribution is 0.415. The van der Waals surface area contributed by atoms with Crippen LogP contribution in [0, 0.1) is 0 Å². The van der Waals surface area contributed by atoms with Crippen LogP contribution in [0.4, 0.5) is 11.5 Å². The summed E-state index contributed by atoms with van der Waals surface area (Å²) >= 11 is 3.28. The quantitative estimate of drug-likeness (QED) is 0.874. The van der Waals surface area contributed by atoms with Gasteiger partial charge in [0, 0.05) is 16.7 Å². The molecule has 0 spiro atoms. The average Bonchev–Trinajstić information content (AvgIpc) is 2.37. The topological polar surface area (TPSA) is 94.3 Å². The third-order valence-electron chi connectivity index (χ3n) is 2.45. The number of hydrogen-bond acceptors (Lipinski definition) is 5. The van der Waals surface area contributed by atoms with Crippen molar-refractivity contribution in [2.75, 3.05) is 17.6 Å². The minimum atomic E-state index is -3.80. The number of nitrogen functional groups attached to an aromatic ring is 1. The summed E-state index contributed by atoms with van der Waals surface area (Å²) in [6, 6.07) is 7.80. The first-order chi connectivity index (χ1) is 9.42. The monoisotopic (exact) mass is 357 g/mol. The molecule has 0 atom stereocenters. The van der Waals surface area contributed by atoms with Crippen LogP contribution in [0.25, 0.3) is 0 Å². The maximum atomic E-state index is 12.2. The number of nitrogens with two attached hydrogens (primary N) is 1. The van der Waals surface area contributed by atoms with Crippen LogP contribution >= 0.6 is 15.9 Å². The maximum Gasteiger partial charge on any atom is 0.265 e. The highest BCUT2D eigenvalue weighted by Crippen LogP contribution is 2.27. The van der Waals surface area contributed by atoms with E-state index >= 15 is 0 Å². The van der Waals surface area contributed by atoms with Gasteiger partial charge < -0.3 is 10.5 Å². The Labute approximate surface area is 125 Å². The summed E-state index contributed by atoms with van der Waals surface area (Å²) in [6.45, 7) is 0. The number of halogens is 1. The summed E-state index contributed by atoms with van der Waals surface area (Å²) in [5, 5.41) is 0. The van der Waals surface area contributed by atoms with Crippen molar-refractivity contribution < 1.29 is 13.2 Å². The van der Waals surface area contributed by atoms with Gasteiger partial charge in [-0.25, -0.2) is 13.4 Å². The van der Waals surface area contributed by atoms with E-state index in [9.17, 15) is 8.42 Å². The number of pyridine rings is 1. The second kappa shape index (κ2) is 5.68. The lowest BCUT2D eigenvalue weighted by Gasteiger charge is -2.11. The molecule has 6 nitrogen and oxygen atoms in total. The maximum absolute atomic E-state index is 12.2. The van der Waals surface area contributed by atoms with Crippen molar-refractivity contribution in [1.82, 2.24) is 4.98 Å². The fourth-order valence-electron chi connectivity index (χ4n) is 1.58. The second-order valence-corrected chi connectivity index (χ2v) is 6.44. The molecule has 0 aliphatic heterocycles. The molecule has 8 heteroatoms. The van der Waals surface area contributed by atoms with E-state index in [1.165, 1.54) is 25.4 Å². The third kappa shape index (κ3) is 3.20. The smallest absolute Gasteiger partial charge is 0.265 e. The molecule has 0 saturated carbocycles. The standard InChI is InChI=1S/C12H12BrN3O3S/c1-19-10-6-8(13)5-9(7-10)16-20(17,18)11-3-2-4-15-12(11)14/h2-7,16H,1H3,(H2,14,15). The fraction of sp³-hybridized carbons (Fsp3) is 0.0833. The highest BCUT2D eigenvalue weighted by molar-refractivity contribution is 9.10. The van der Waals surface area contributed by atoms with Gasteiger partial charge in [0.25, 0.3) is 10.0 Å². The Kier molecular flexibility index (Phi) is 4.15. The van der Waals surface area contributed by atoms with Crippen molar-refractivity contribution in [2.24, 2.45) is 0 Å². The number of ether oxygens (including phenoxy) is 1. The molecule has 0 aliphatic rings. The highest BCUT2D eigenvalue weighted by atomic mass is 79.9. The van der Waals surface area contributed by atoms with Gasteiger partial charge in [0.15, 0.2) is 0 Å². The van der Waals surface area contributed by atoms with Crippen LogP contribution in [0.1, 0.15) is 0 Å². The van der Waals surface area contributed by atoms with E-state index in [1.54, 1.807) is 18.2 Å². The highest BCUT2D eigenvalue weighted by Gasteiger charge is 2.18. The first-order valence-corrected chi connectivity index (χ1v) is 7.78. The van der Waals surface area contributed by atoms with Gasteiger partial charge in [-0.05, 0) is 24.3 Å². The summed E-state index contributed by atoms with van der Waals surface area (Å²) in [5.74, 6) is 0.471. The Balaban J connectivity index is 2.38. The number of hydrogen-bond donors (Lipinski definition) is 2. The van der Waals surface area contributed by atoms with Crippen molar-refractivity contribution in [3.8, 4) is 5.75 Å². The largest absolute Gasteiger partial charge is 0.497 e. The number of rotatable bonds is 4. The van der Waals surface area contributed by atoms with Gasteiger partial charge in [0.05, 0.1) is 12.8 Å². The zero-order chi connectivity index (χ0) is 14.8. The number of aromatic nitrogens is 1. The molecular formula is C12H12BrN3O3S. The van der Waals surface area contributed by atoms with E-state index in [4.69, 9.17) is 10.5 Å². The molecule has 0 bridgehead atoms. The molecule has 0 saturated heterocycles. The minimum Gasteiger partial charge on any atom is -0.497 e. The first kappa shape index (κ1) is 14.6. The lowest BCUT2D eigenvalue weighted by atomic mass is 10.3. The zero-order valence-corrected chi connectivity index (χ0v) is 12.9. The van der Waals surface area contributed by atoms with Crippen molar-refractivity contribution in [3.63, 3.8) is 0 Å². The van der Waals surface area contributed by atoms with E-state index in [0.29, 0.717) is 15.9 Å². The minimum absolute atomic E-state index is 0.0537. The molecule has 3 N–H and O–H groups in total. The Morgan fingerprint density at radius 2 is 2.10 bits per heavy atom. The average molecular weight is 358 g/mol. The van der Waals surface area contributed by atoms with Crippen LogP contribution < -0.4 is 15.2 Å². The number of sulfonamides is 1. The van der Waals surface area contributed by atoms with Gasteiger partial charge in [-0.3, -0.25) is 4.72 Å². The predicted octanol–water partition coefficient (Wildman–Crippen LogP) is 2.24. The van der Waals surface area contributed by atoms with Crippen molar-refractivity contribution in [2.45, 2.75) is 4.90 Å². The van der Waals surface area contributed by atoms with Crippen molar-refractivity contribution in [1.29, 1.82) is 0 Å². The van der Waals surface area contributed by atoms with Gasteiger partial charge in [0.2, 0.25) is 0 Å². The SMILES string of the molecule is COc1cc(Br)cc(NS(=O)(=O)c2cccnc2N)c1. The van der Waals surface area contributed by atoms with Crippen molar-refractivity contribution >= 4 is 37.5 Å². The van der Waals surface area contributed by atoms with E-state index < -0.39 is 10.0 Å². The molecule has 1 aromatic heterocycles. The normalized spacial score (nSPS) is 11.1. The molecule has 0 amide bonds. The van der Waals surface area contributed by atoms with Gasteiger partial charge in [-0.15, -0.1) is 0 Å². The van der Waals surface area contributed by atoms with Crippen LogP contribution in [-0.2, 0) is 10.0 Å². The fourth-order valence-corrected chi connectivity index (χ4v) is 3.18. The number of nitrogens with zero attached hydrogens (tertiary/aromatic N) is 1. The van der Waals surface area contributed by atoms with E-state index in [1.807, 2.05) is 0 Å². The van der Waals surface area contributed by atoms with Crippen LogP contribution in [-0.4, -0.2) is 20.5 Å². The summed E-state index contributed by atoms with van der Waals surface area (Å²) in [7, 11) is -2.30. The molecule has 0 unspecified atom stereocenters. The molecule has 106 valence electrons. The molecule has 20 heavy (non-hydrogen) atoms. The Hall–Kier alpha value is -1.80. The predicted molar refractivity (Wildman–Crippen MR) is 80.2 cm³/mol. The summed E-state index contributed by atoms with van der Waals surface area (Å²) in [4.78, 5) is 3.69. The van der Waals surface area contributed by atoms with Crippen LogP contribution in [0.2, 0.25) is 0 Å². The summed E-state index contributed by atoms with van der Waals surface area (Å²) < 4.78 is 32.7. The van der Waals surface area contributed by atoms with Gasteiger partial charge in [-0.1, -0.05) is 15.9 Å². The molecular weight excluding hydrogens is 346 g/mol. The summed E-state index contributed by atoms with van der Waals surface area (Å²) in [6.07, 6.45) is 1.43. The first-order valence-electron chi connectivity index (χ1n) is 5.50. The number of nitrogens with one attached hydrogen (secondary N) is 1. The number of anilines is 2. The molecule has 1 heterocycles. The van der Waals surface area contributed by atoms with Crippen LogP contribution in [0.5, 0.6) is 5.75 Å². The van der Waals surface area contributed by atoms with Crippen LogP contribution in [0.3, 0.4) is 0 Å². The molecule has 1 aromatic carbocycles. The Bertz CT molecular complexity index is 734. The third-order valence-corrected chi connectivity index (χ3v) is 4.33. The van der Waals surface area contributed by atoms with Gasteiger partial charge in [-0.2, -0.15) is 0 Å². The Morgan fingerprint density at radius 1 is 1.35 bits per heavy atom. The van der Waals surface area contributed by atoms with Gasteiger partial charge >= 0.3 is 0 Å². The zero-order valence-electron chi connectivity index (χ0n) is 10.5. The number of benzene rings is 1. The summed E-state index contributed by atoms with van der Waals surface area (Å²) in [5.41, 5.74) is 5.94. The molecule has 0 radical (unpaired) electrons. The Morgan fingerprint density at radius 3 is 2.75 bits per heavy atom. The lowest BCUT2D eigenvalue weighted by Crippen LogP contribution is -2.15. The van der Waals surface area contributed by atoms with Gasteiger partial charge in [0.1, 0.15) is 16.5 Å². The molecule has 2 aromatic rings. The molecule has 0 fully saturated rings. The van der Waals surface area contributed by atoms with E-state index in [-0.39, 0.29) is 10.7 Å². The van der Waals surface area contributed by atoms with Crippen molar-refractivity contribution in [3.05, 3.63) is 41.0 Å².